The van der Waals surface area contributed by atoms with Crippen LogP contribution in [0.1, 0.15) is 36.5 Å². The Balaban J connectivity index is 2.00. The van der Waals surface area contributed by atoms with Crippen LogP contribution in [0.25, 0.3) is 11.3 Å². The van der Waals surface area contributed by atoms with E-state index in [-0.39, 0.29) is 5.91 Å². The smallest absolute Gasteiger partial charge is 0.251 e. The SMILES string of the molecule is CCCCCNC(=O)c1cccc(-c2ccco2)c1. The highest BCUT2D eigenvalue weighted by Gasteiger charge is 2.07. The Bertz CT molecular complexity index is 517. The summed E-state index contributed by atoms with van der Waals surface area (Å²) in [6.07, 6.45) is 4.96. The van der Waals surface area contributed by atoms with Crippen LogP contribution in [0, 0.1) is 0 Å². The zero-order valence-corrected chi connectivity index (χ0v) is 11.2. The molecule has 0 bridgehead atoms. The number of hydrogen-bond acceptors (Lipinski definition) is 2. The van der Waals surface area contributed by atoms with Gasteiger partial charge in [-0.05, 0) is 30.7 Å². The van der Waals surface area contributed by atoms with E-state index in [4.69, 9.17) is 4.42 Å². The third kappa shape index (κ3) is 3.71. The molecule has 0 saturated carbocycles. The first kappa shape index (κ1) is 13.4. The van der Waals surface area contributed by atoms with E-state index < -0.39 is 0 Å². The highest BCUT2D eigenvalue weighted by Crippen LogP contribution is 2.20. The zero-order chi connectivity index (χ0) is 13.5. The fourth-order valence-electron chi connectivity index (χ4n) is 1.94. The van der Waals surface area contributed by atoms with Crippen LogP contribution in [0.2, 0.25) is 0 Å². The molecule has 1 aromatic carbocycles. The Labute approximate surface area is 113 Å². The molecule has 3 nitrogen and oxygen atoms in total. The predicted molar refractivity (Wildman–Crippen MR) is 76.0 cm³/mol. The molecule has 1 heterocycles. The second kappa shape index (κ2) is 6.78. The second-order valence-corrected chi connectivity index (χ2v) is 4.52. The average molecular weight is 257 g/mol. The van der Waals surface area contributed by atoms with Crippen molar-refractivity contribution in [2.75, 3.05) is 6.54 Å². The van der Waals surface area contributed by atoms with Gasteiger partial charge in [0.15, 0.2) is 0 Å². The lowest BCUT2D eigenvalue weighted by atomic mass is 10.1. The molecule has 0 aliphatic rings. The van der Waals surface area contributed by atoms with Crippen LogP contribution in [-0.2, 0) is 0 Å². The van der Waals surface area contributed by atoms with Gasteiger partial charge in [0.2, 0.25) is 0 Å². The summed E-state index contributed by atoms with van der Waals surface area (Å²) in [5, 5.41) is 2.94. The van der Waals surface area contributed by atoms with E-state index in [1.807, 2.05) is 36.4 Å². The molecule has 0 atom stereocenters. The number of nitrogens with one attached hydrogen (secondary N) is 1. The van der Waals surface area contributed by atoms with Gasteiger partial charge in [-0.3, -0.25) is 4.79 Å². The number of hydrogen-bond donors (Lipinski definition) is 1. The minimum absolute atomic E-state index is 0.0236. The Morgan fingerprint density at radius 1 is 1.21 bits per heavy atom. The van der Waals surface area contributed by atoms with Gasteiger partial charge in [-0.25, -0.2) is 0 Å². The van der Waals surface area contributed by atoms with Crippen molar-refractivity contribution in [2.45, 2.75) is 26.2 Å². The van der Waals surface area contributed by atoms with E-state index in [9.17, 15) is 4.79 Å². The van der Waals surface area contributed by atoms with Crippen molar-refractivity contribution < 1.29 is 9.21 Å². The maximum atomic E-state index is 12.0. The van der Waals surface area contributed by atoms with Gasteiger partial charge in [-0.2, -0.15) is 0 Å². The lowest BCUT2D eigenvalue weighted by Crippen LogP contribution is -2.24. The van der Waals surface area contributed by atoms with Crippen LogP contribution in [0.15, 0.2) is 47.1 Å². The van der Waals surface area contributed by atoms with E-state index in [2.05, 4.69) is 12.2 Å². The maximum Gasteiger partial charge on any atom is 0.251 e. The Morgan fingerprint density at radius 2 is 2.11 bits per heavy atom. The molecular weight excluding hydrogens is 238 g/mol. The Morgan fingerprint density at radius 3 is 2.84 bits per heavy atom. The van der Waals surface area contributed by atoms with Crippen molar-refractivity contribution >= 4 is 5.91 Å². The van der Waals surface area contributed by atoms with Gasteiger partial charge in [0.1, 0.15) is 5.76 Å². The standard InChI is InChI=1S/C16H19NO2/c1-2-3-4-10-17-16(18)14-8-5-7-13(12-14)15-9-6-11-19-15/h5-9,11-12H,2-4,10H2,1H3,(H,17,18). The van der Waals surface area contributed by atoms with Crippen LogP contribution >= 0.6 is 0 Å². The van der Waals surface area contributed by atoms with E-state index >= 15 is 0 Å². The first-order valence-electron chi connectivity index (χ1n) is 6.73. The van der Waals surface area contributed by atoms with Gasteiger partial charge in [0.05, 0.1) is 6.26 Å². The molecule has 2 aromatic rings. The quantitative estimate of drug-likeness (QED) is 0.798. The molecular formula is C16H19NO2. The molecule has 0 saturated heterocycles. The molecule has 0 spiro atoms. The third-order valence-corrected chi connectivity index (χ3v) is 3.00. The molecule has 1 amide bonds. The monoisotopic (exact) mass is 257 g/mol. The molecule has 0 aliphatic heterocycles. The number of carbonyl (C=O) groups is 1. The minimum atomic E-state index is -0.0236. The number of furan rings is 1. The molecule has 0 aliphatic carbocycles. The van der Waals surface area contributed by atoms with Crippen molar-refractivity contribution in [2.24, 2.45) is 0 Å². The molecule has 1 N–H and O–H groups in total. The number of carbonyl (C=O) groups excluding carboxylic acids is 1. The first-order chi connectivity index (χ1) is 9.31. The summed E-state index contributed by atoms with van der Waals surface area (Å²) in [7, 11) is 0. The number of rotatable bonds is 6. The number of amides is 1. The Hall–Kier alpha value is -2.03. The van der Waals surface area contributed by atoms with Gasteiger partial charge in [0.25, 0.3) is 5.91 Å². The largest absolute Gasteiger partial charge is 0.464 e. The molecule has 1 aromatic heterocycles. The van der Waals surface area contributed by atoms with Crippen molar-refractivity contribution in [3.8, 4) is 11.3 Å². The van der Waals surface area contributed by atoms with Crippen LogP contribution in [-0.4, -0.2) is 12.5 Å². The van der Waals surface area contributed by atoms with Crippen LogP contribution in [0.4, 0.5) is 0 Å². The van der Waals surface area contributed by atoms with Crippen molar-refractivity contribution in [1.82, 2.24) is 5.32 Å². The molecule has 3 heteroatoms. The van der Waals surface area contributed by atoms with Gasteiger partial charge in [0, 0.05) is 17.7 Å². The Kier molecular flexibility index (Phi) is 4.78. The first-order valence-corrected chi connectivity index (χ1v) is 6.73. The molecule has 100 valence electrons. The highest BCUT2D eigenvalue weighted by atomic mass is 16.3. The lowest BCUT2D eigenvalue weighted by Gasteiger charge is -2.05. The van der Waals surface area contributed by atoms with Crippen LogP contribution < -0.4 is 5.32 Å². The lowest BCUT2D eigenvalue weighted by molar-refractivity contribution is 0.0953. The van der Waals surface area contributed by atoms with Crippen molar-refractivity contribution in [3.63, 3.8) is 0 Å². The number of benzene rings is 1. The van der Waals surface area contributed by atoms with Gasteiger partial charge < -0.3 is 9.73 Å². The zero-order valence-electron chi connectivity index (χ0n) is 11.2. The minimum Gasteiger partial charge on any atom is -0.464 e. The van der Waals surface area contributed by atoms with Crippen LogP contribution in [0.3, 0.4) is 0 Å². The second-order valence-electron chi connectivity index (χ2n) is 4.52. The van der Waals surface area contributed by atoms with E-state index in [1.165, 1.54) is 0 Å². The summed E-state index contributed by atoms with van der Waals surface area (Å²) >= 11 is 0. The van der Waals surface area contributed by atoms with Crippen LogP contribution in [0.5, 0.6) is 0 Å². The summed E-state index contributed by atoms with van der Waals surface area (Å²) in [5.74, 6) is 0.755. The van der Waals surface area contributed by atoms with Crippen molar-refractivity contribution in [3.05, 3.63) is 48.2 Å². The summed E-state index contributed by atoms with van der Waals surface area (Å²) in [6.45, 7) is 2.88. The van der Waals surface area contributed by atoms with E-state index in [0.717, 1.165) is 37.1 Å². The van der Waals surface area contributed by atoms with Gasteiger partial charge >= 0.3 is 0 Å². The highest BCUT2D eigenvalue weighted by molar-refractivity contribution is 5.95. The normalized spacial score (nSPS) is 10.4. The average Bonchev–Trinajstić information content (AvgIpc) is 2.98. The fourth-order valence-corrected chi connectivity index (χ4v) is 1.94. The summed E-state index contributed by atoms with van der Waals surface area (Å²) < 4.78 is 5.34. The molecule has 0 unspecified atom stereocenters. The molecule has 19 heavy (non-hydrogen) atoms. The number of unbranched alkanes of at least 4 members (excludes halogenated alkanes) is 2. The summed E-state index contributed by atoms with van der Waals surface area (Å²) in [6, 6.07) is 11.2. The van der Waals surface area contributed by atoms with Gasteiger partial charge in [-0.1, -0.05) is 31.9 Å². The van der Waals surface area contributed by atoms with Crippen molar-refractivity contribution in [1.29, 1.82) is 0 Å². The van der Waals surface area contributed by atoms with E-state index in [1.54, 1.807) is 6.26 Å². The fraction of sp³-hybridized carbons (Fsp3) is 0.312. The topological polar surface area (TPSA) is 42.2 Å². The summed E-state index contributed by atoms with van der Waals surface area (Å²) in [5.41, 5.74) is 1.59. The maximum absolute atomic E-state index is 12.0. The van der Waals surface area contributed by atoms with Gasteiger partial charge in [-0.15, -0.1) is 0 Å². The molecule has 0 fully saturated rings. The third-order valence-electron chi connectivity index (χ3n) is 3.00. The molecule has 2 rings (SSSR count). The predicted octanol–water partition coefficient (Wildman–Crippen LogP) is 3.87. The summed E-state index contributed by atoms with van der Waals surface area (Å²) in [4.78, 5) is 12.0. The molecule has 0 radical (unpaired) electrons. The van der Waals surface area contributed by atoms with E-state index in [0.29, 0.717) is 5.56 Å².